The minimum atomic E-state index is -4.69. The van der Waals surface area contributed by atoms with E-state index in [2.05, 4.69) is 20.3 Å². The Morgan fingerprint density at radius 1 is 1.32 bits per heavy atom. The minimum Gasteiger partial charge on any atom is -0.475 e. The molecular weight excluding hydrogens is 413 g/mol. The number of aryl methyl sites for hydroxylation is 1. The molecule has 1 fully saturated rings. The number of nitriles is 1. The van der Waals surface area contributed by atoms with Crippen LogP contribution in [0.2, 0.25) is 0 Å². The Hall–Kier alpha value is -3.23. The molecule has 8 nitrogen and oxygen atoms in total. The van der Waals surface area contributed by atoms with Gasteiger partial charge in [0, 0.05) is 36.9 Å². The van der Waals surface area contributed by atoms with Crippen LogP contribution in [0.1, 0.15) is 17.8 Å². The Labute approximate surface area is 175 Å². The van der Waals surface area contributed by atoms with Crippen LogP contribution in [0.15, 0.2) is 24.5 Å². The summed E-state index contributed by atoms with van der Waals surface area (Å²) in [6.07, 6.45) is -0.837. The first-order valence-electron chi connectivity index (χ1n) is 9.62. The standard InChI is InChI=1S/C20H19F3N6O2/c1-29-5-3-14-17(27-16(9-24)28-18(14)29)12-8-15(20(21,22)23)19(26-10-12)31-7-6-30-13-2-4-25-11-13/h3,5,8,10,13,25H,2,4,6-7,11H2,1H3/t13-/m1/s1. The van der Waals surface area contributed by atoms with E-state index in [0.29, 0.717) is 11.0 Å². The summed E-state index contributed by atoms with van der Waals surface area (Å²) >= 11 is 0. The average Bonchev–Trinajstić information content (AvgIpc) is 3.40. The first-order valence-corrected chi connectivity index (χ1v) is 9.62. The van der Waals surface area contributed by atoms with E-state index in [1.807, 2.05) is 6.07 Å². The van der Waals surface area contributed by atoms with Crippen LogP contribution in [0.4, 0.5) is 13.2 Å². The predicted molar refractivity (Wildman–Crippen MR) is 104 cm³/mol. The van der Waals surface area contributed by atoms with Gasteiger partial charge in [0.2, 0.25) is 11.7 Å². The molecule has 0 aromatic carbocycles. The number of pyridine rings is 1. The second-order valence-electron chi connectivity index (χ2n) is 7.08. The summed E-state index contributed by atoms with van der Waals surface area (Å²) in [5, 5.41) is 12.9. The zero-order valence-corrected chi connectivity index (χ0v) is 16.6. The molecular formula is C20H19F3N6O2. The van der Waals surface area contributed by atoms with Crippen LogP contribution >= 0.6 is 0 Å². The van der Waals surface area contributed by atoms with Crippen LogP contribution in [0.25, 0.3) is 22.3 Å². The quantitative estimate of drug-likeness (QED) is 0.598. The summed E-state index contributed by atoms with van der Waals surface area (Å²) in [5.41, 5.74) is -0.269. The number of halogens is 3. The lowest BCUT2D eigenvalue weighted by atomic mass is 10.1. The molecule has 1 saturated heterocycles. The molecule has 3 aromatic heterocycles. The first kappa shape index (κ1) is 21.0. The van der Waals surface area contributed by atoms with Gasteiger partial charge < -0.3 is 19.4 Å². The zero-order chi connectivity index (χ0) is 22.0. The van der Waals surface area contributed by atoms with Gasteiger partial charge in [0.1, 0.15) is 23.9 Å². The molecule has 0 radical (unpaired) electrons. The largest absolute Gasteiger partial charge is 0.475 e. The van der Waals surface area contributed by atoms with Crippen molar-refractivity contribution in [3.05, 3.63) is 35.9 Å². The summed E-state index contributed by atoms with van der Waals surface area (Å²) in [4.78, 5) is 12.1. The van der Waals surface area contributed by atoms with Gasteiger partial charge in [-0.15, -0.1) is 0 Å². The average molecular weight is 432 g/mol. The van der Waals surface area contributed by atoms with E-state index in [9.17, 15) is 18.4 Å². The second kappa shape index (κ2) is 8.49. The molecule has 162 valence electrons. The van der Waals surface area contributed by atoms with Crippen molar-refractivity contribution in [2.75, 3.05) is 26.3 Å². The number of ether oxygens (including phenoxy) is 2. The minimum absolute atomic E-state index is 0.0430. The fourth-order valence-corrected chi connectivity index (χ4v) is 3.43. The molecule has 4 rings (SSSR count). The van der Waals surface area contributed by atoms with Gasteiger partial charge in [-0.1, -0.05) is 0 Å². The number of nitrogens with one attached hydrogen (secondary N) is 1. The van der Waals surface area contributed by atoms with Crippen LogP contribution in [0.3, 0.4) is 0 Å². The number of nitrogens with zero attached hydrogens (tertiary/aromatic N) is 5. The van der Waals surface area contributed by atoms with Crippen molar-refractivity contribution in [1.82, 2.24) is 24.8 Å². The number of aromatic nitrogens is 4. The molecule has 0 bridgehead atoms. The predicted octanol–water partition coefficient (Wildman–Crippen LogP) is 2.68. The molecule has 0 saturated carbocycles. The smallest absolute Gasteiger partial charge is 0.421 e. The van der Waals surface area contributed by atoms with E-state index in [0.717, 1.165) is 25.6 Å². The number of hydrogen-bond donors (Lipinski definition) is 1. The van der Waals surface area contributed by atoms with Gasteiger partial charge in [0.05, 0.1) is 18.4 Å². The van der Waals surface area contributed by atoms with E-state index in [-0.39, 0.29) is 36.4 Å². The lowest BCUT2D eigenvalue weighted by molar-refractivity contribution is -0.139. The monoisotopic (exact) mass is 432 g/mol. The van der Waals surface area contributed by atoms with Crippen LogP contribution in [0.5, 0.6) is 5.88 Å². The van der Waals surface area contributed by atoms with E-state index in [4.69, 9.17) is 9.47 Å². The highest BCUT2D eigenvalue weighted by Gasteiger charge is 2.36. The molecule has 1 aliphatic heterocycles. The van der Waals surface area contributed by atoms with Crippen molar-refractivity contribution in [1.29, 1.82) is 5.26 Å². The topological polar surface area (TPSA) is 97.9 Å². The number of alkyl halides is 3. The lowest BCUT2D eigenvalue weighted by Crippen LogP contribution is -2.20. The van der Waals surface area contributed by atoms with Gasteiger partial charge >= 0.3 is 6.18 Å². The highest BCUT2D eigenvalue weighted by Crippen LogP contribution is 2.38. The van der Waals surface area contributed by atoms with Gasteiger partial charge in [-0.25, -0.2) is 15.0 Å². The summed E-state index contributed by atoms with van der Waals surface area (Å²) in [6, 6.07) is 4.45. The summed E-state index contributed by atoms with van der Waals surface area (Å²) in [7, 11) is 1.72. The molecule has 1 aliphatic rings. The van der Waals surface area contributed by atoms with Crippen molar-refractivity contribution < 1.29 is 22.6 Å². The lowest BCUT2D eigenvalue weighted by Gasteiger charge is -2.15. The van der Waals surface area contributed by atoms with Crippen molar-refractivity contribution in [3.63, 3.8) is 0 Å². The number of hydrogen-bond acceptors (Lipinski definition) is 7. The zero-order valence-electron chi connectivity index (χ0n) is 16.6. The maximum atomic E-state index is 13.7. The number of fused-ring (bicyclic) bond motifs is 1. The molecule has 1 atom stereocenters. The van der Waals surface area contributed by atoms with Crippen LogP contribution in [-0.2, 0) is 18.0 Å². The van der Waals surface area contributed by atoms with Gasteiger partial charge in [-0.2, -0.15) is 18.4 Å². The maximum absolute atomic E-state index is 13.7. The first-order chi connectivity index (χ1) is 14.9. The van der Waals surface area contributed by atoms with Gasteiger partial charge in [0.25, 0.3) is 0 Å². The molecule has 0 spiro atoms. The third-order valence-electron chi connectivity index (χ3n) is 4.95. The van der Waals surface area contributed by atoms with Crippen LogP contribution in [0, 0.1) is 11.3 Å². The van der Waals surface area contributed by atoms with E-state index < -0.39 is 17.6 Å². The summed E-state index contributed by atoms with van der Waals surface area (Å²) in [5.74, 6) is -0.667. The van der Waals surface area contributed by atoms with Gasteiger partial charge in [-0.05, 0) is 25.1 Å². The van der Waals surface area contributed by atoms with Gasteiger partial charge in [0.15, 0.2) is 0 Å². The summed E-state index contributed by atoms with van der Waals surface area (Å²) in [6.45, 7) is 1.69. The molecule has 31 heavy (non-hydrogen) atoms. The van der Waals surface area contributed by atoms with Crippen LogP contribution in [-0.4, -0.2) is 51.9 Å². The maximum Gasteiger partial charge on any atom is 0.421 e. The number of rotatable bonds is 6. The Morgan fingerprint density at radius 2 is 2.16 bits per heavy atom. The van der Waals surface area contributed by atoms with Crippen LogP contribution < -0.4 is 10.1 Å². The van der Waals surface area contributed by atoms with E-state index >= 15 is 0 Å². The fraction of sp³-hybridized carbons (Fsp3) is 0.400. The Bertz CT molecular complexity index is 1130. The molecule has 11 heteroatoms. The van der Waals surface area contributed by atoms with E-state index in [1.165, 1.54) is 6.20 Å². The Kier molecular flexibility index (Phi) is 5.75. The van der Waals surface area contributed by atoms with Crippen molar-refractivity contribution in [2.24, 2.45) is 7.05 Å². The molecule has 0 unspecified atom stereocenters. The normalized spacial score (nSPS) is 16.5. The molecule has 1 N–H and O–H groups in total. The molecule has 0 amide bonds. The van der Waals surface area contributed by atoms with Crippen molar-refractivity contribution in [3.8, 4) is 23.2 Å². The van der Waals surface area contributed by atoms with Crippen molar-refractivity contribution >= 4 is 11.0 Å². The Balaban J connectivity index is 1.63. The summed E-state index contributed by atoms with van der Waals surface area (Å²) < 4.78 is 53.7. The molecule has 3 aromatic rings. The highest BCUT2D eigenvalue weighted by molar-refractivity contribution is 5.91. The third kappa shape index (κ3) is 4.45. The second-order valence-corrected chi connectivity index (χ2v) is 7.08. The SMILES string of the molecule is Cn1ccc2c(-c3cnc(OCCO[C@@H]4CCNC4)c(C(F)(F)F)c3)nc(C#N)nc21. The highest BCUT2D eigenvalue weighted by atomic mass is 19.4. The fourth-order valence-electron chi connectivity index (χ4n) is 3.43. The molecule has 4 heterocycles. The van der Waals surface area contributed by atoms with E-state index in [1.54, 1.807) is 23.9 Å². The Morgan fingerprint density at radius 3 is 2.87 bits per heavy atom. The van der Waals surface area contributed by atoms with Crippen molar-refractivity contribution in [2.45, 2.75) is 18.7 Å². The third-order valence-corrected chi connectivity index (χ3v) is 4.95. The molecule has 0 aliphatic carbocycles. The van der Waals surface area contributed by atoms with Gasteiger partial charge in [-0.3, -0.25) is 0 Å².